The van der Waals surface area contributed by atoms with Gasteiger partial charge in [0.15, 0.2) is 6.79 Å². The first-order valence-electron chi connectivity index (χ1n) is 9.35. The van der Waals surface area contributed by atoms with Crippen molar-refractivity contribution in [2.45, 2.75) is 13.0 Å². The van der Waals surface area contributed by atoms with E-state index in [1.54, 1.807) is 31.2 Å². The Hall–Kier alpha value is -2.90. The minimum Gasteiger partial charge on any atom is -0.469 e. The van der Waals surface area contributed by atoms with Crippen molar-refractivity contribution in [3.8, 4) is 5.75 Å². The van der Waals surface area contributed by atoms with Crippen molar-refractivity contribution in [2.24, 2.45) is 0 Å². The molecular weight excluding hydrogens is 372 g/mol. The van der Waals surface area contributed by atoms with Crippen molar-refractivity contribution < 1.29 is 23.8 Å². The second-order valence-corrected chi connectivity index (χ2v) is 6.52. The zero-order chi connectivity index (χ0) is 21.1. The van der Waals surface area contributed by atoms with Crippen LogP contribution in [0.25, 0.3) is 0 Å². The Balaban J connectivity index is 2.05. The summed E-state index contributed by atoms with van der Waals surface area (Å²) in [5, 5.41) is 0. The molecule has 0 N–H and O–H groups in total. The van der Waals surface area contributed by atoms with Gasteiger partial charge in [0.25, 0.3) is 0 Å². The molecule has 0 aromatic heterocycles. The Kier molecular flexibility index (Phi) is 9.14. The highest BCUT2D eigenvalue weighted by Crippen LogP contribution is 2.21. The van der Waals surface area contributed by atoms with Crippen molar-refractivity contribution in [1.29, 1.82) is 0 Å². The van der Waals surface area contributed by atoms with E-state index in [2.05, 4.69) is 0 Å². The predicted octanol–water partition coefficient (Wildman–Crippen LogP) is 2.70. The van der Waals surface area contributed by atoms with E-state index in [1.165, 1.54) is 7.11 Å². The van der Waals surface area contributed by atoms with Crippen molar-refractivity contribution in [3.63, 3.8) is 0 Å². The number of esters is 1. The van der Waals surface area contributed by atoms with Gasteiger partial charge in [-0.15, -0.1) is 0 Å². The Bertz CT molecular complexity index is 782. The molecule has 7 heteroatoms. The molecule has 2 aromatic carbocycles. The van der Waals surface area contributed by atoms with Gasteiger partial charge in [0.1, 0.15) is 5.75 Å². The first kappa shape index (κ1) is 22.4. The minimum atomic E-state index is -0.299. The van der Waals surface area contributed by atoms with Crippen LogP contribution in [0, 0.1) is 0 Å². The first-order chi connectivity index (χ1) is 14.0. The molecule has 0 aliphatic rings. The summed E-state index contributed by atoms with van der Waals surface area (Å²) in [5.74, 6) is 0.234. The van der Waals surface area contributed by atoms with E-state index in [-0.39, 0.29) is 31.6 Å². The third-order valence-corrected chi connectivity index (χ3v) is 4.39. The van der Waals surface area contributed by atoms with Gasteiger partial charge in [-0.1, -0.05) is 36.4 Å². The van der Waals surface area contributed by atoms with Crippen molar-refractivity contribution in [1.82, 2.24) is 4.90 Å². The van der Waals surface area contributed by atoms with Crippen LogP contribution >= 0.6 is 0 Å². The maximum atomic E-state index is 12.9. The van der Waals surface area contributed by atoms with Crippen LogP contribution in [0.1, 0.15) is 12.0 Å². The minimum absolute atomic E-state index is 0.0883. The van der Waals surface area contributed by atoms with Crippen LogP contribution in [0.15, 0.2) is 54.6 Å². The number of rotatable bonds is 11. The highest BCUT2D eigenvalue weighted by molar-refractivity contribution is 5.94. The summed E-state index contributed by atoms with van der Waals surface area (Å²) < 4.78 is 15.1. The van der Waals surface area contributed by atoms with Gasteiger partial charge in [-0.2, -0.15) is 0 Å². The van der Waals surface area contributed by atoms with E-state index in [9.17, 15) is 9.59 Å². The zero-order valence-corrected chi connectivity index (χ0v) is 17.2. The van der Waals surface area contributed by atoms with Crippen LogP contribution in [0.4, 0.5) is 5.69 Å². The number of hydrogen-bond donors (Lipinski definition) is 0. The van der Waals surface area contributed by atoms with Crippen LogP contribution in [-0.4, -0.2) is 57.9 Å². The van der Waals surface area contributed by atoms with E-state index in [0.29, 0.717) is 18.8 Å². The molecule has 0 bridgehead atoms. The lowest BCUT2D eigenvalue weighted by Crippen LogP contribution is -2.39. The van der Waals surface area contributed by atoms with Gasteiger partial charge in [-0.25, -0.2) is 0 Å². The number of methoxy groups -OCH3 is 2. The lowest BCUT2D eigenvalue weighted by atomic mass is 10.2. The summed E-state index contributed by atoms with van der Waals surface area (Å²) in [5.41, 5.74) is 1.79. The molecule has 0 unspecified atom stereocenters. The van der Waals surface area contributed by atoms with Gasteiger partial charge < -0.3 is 19.1 Å². The molecule has 7 nitrogen and oxygen atoms in total. The summed E-state index contributed by atoms with van der Waals surface area (Å²) in [6.45, 7) is 1.30. The van der Waals surface area contributed by atoms with Gasteiger partial charge in [-0.3, -0.25) is 14.5 Å². The smallest absolute Gasteiger partial charge is 0.306 e. The van der Waals surface area contributed by atoms with E-state index in [1.807, 2.05) is 47.4 Å². The van der Waals surface area contributed by atoms with Crippen LogP contribution < -0.4 is 9.64 Å². The molecule has 0 heterocycles. The molecule has 0 saturated heterocycles. The van der Waals surface area contributed by atoms with E-state index in [4.69, 9.17) is 14.2 Å². The average Bonchev–Trinajstić information content (AvgIpc) is 2.76. The van der Waals surface area contributed by atoms with Crippen LogP contribution in [0.5, 0.6) is 5.75 Å². The van der Waals surface area contributed by atoms with Gasteiger partial charge >= 0.3 is 5.97 Å². The fourth-order valence-corrected chi connectivity index (χ4v) is 2.76. The third kappa shape index (κ3) is 7.56. The molecule has 29 heavy (non-hydrogen) atoms. The highest BCUT2D eigenvalue weighted by atomic mass is 16.7. The molecule has 2 rings (SSSR count). The number of benzene rings is 2. The third-order valence-electron chi connectivity index (χ3n) is 4.39. The molecular formula is C22H28N2O5. The summed E-state index contributed by atoms with van der Waals surface area (Å²) in [6, 6.07) is 17.1. The monoisotopic (exact) mass is 400 g/mol. The number of carbonyl (C=O) groups is 2. The van der Waals surface area contributed by atoms with Crippen LogP contribution in [0.3, 0.4) is 0 Å². The Morgan fingerprint density at radius 2 is 1.76 bits per heavy atom. The zero-order valence-electron chi connectivity index (χ0n) is 17.2. The number of amides is 1. The number of ether oxygens (including phenoxy) is 3. The molecule has 0 fully saturated rings. The number of likely N-dealkylation sites (N-methyl/N-ethyl adjacent to an activating group) is 1. The fraction of sp³-hybridized carbons (Fsp3) is 0.364. The van der Waals surface area contributed by atoms with Gasteiger partial charge in [0, 0.05) is 39.0 Å². The van der Waals surface area contributed by atoms with Crippen LogP contribution in [-0.2, 0) is 25.6 Å². The van der Waals surface area contributed by atoms with Gasteiger partial charge in [-0.05, 0) is 17.7 Å². The molecule has 1 amide bonds. The molecule has 0 radical (unpaired) electrons. The summed E-state index contributed by atoms with van der Waals surface area (Å²) in [7, 11) is 4.63. The number of anilines is 1. The van der Waals surface area contributed by atoms with Crippen molar-refractivity contribution in [3.05, 3.63) is 60.2 Å². The quantitative estimate of drug-likeness (QED) is 0.427. The molecule has 2 aromatic rings. The predicted molar refractivity (Wildman–Crippen MR) is 111 cm³/mol. The van der Waals surface area contributed by atoms with Crippen LogP contribution in [0.2, 0.25) is 0 Å². The second-order valence-electron chi connectivity index (χ2n) is 6.52. The molecule has 0 aliphatic heterocycles. The van der Waals surface area contributed by atoms with E-state index in [0.717, 1.165) is 11.3 Å². The van der Waals surface area contributed by atoms with E-state index < -0.39 is 0 Å². The SMILES string of the molecule is COCOc1cccc(N(C)C(=O)CN(CCC(=O)OC)Cc2ccccc2)c1. The number of hydrogen-bond acceptors (Lipinski definition) is 6. The molecule has 156 valence electrons. The Morgan fingerprint density at radius 3 is 2.45 bits per heavy atom. The lowest BCUT2D eigenvalue weighted by molar-refractivity contribution is -0.141. The molecule has 0 spiro atoms. The summed E-state index contributed by atoms with van der Waals surface area (Å²) >= 11 is 0. The maximum Gasteiger partial charge on any atom is 0.306 e. The lowest BCUT2D eigenvalue weighted by Gasteiger charge is -2.25. The number of carbonyl (C=O) groups excluding carboxylic acids is 2. The fourth-order valence-electron chi connectivity index (χ4n) is 2.76. The van der Waals surface area contributed by atoms with Crippen molar-refractivity contribution in [2.75, 3.05) is 46.0 Å². The number of nitrogens with zero attached hydrogens (tertiary/aromatic N) is 2. The standard InChI is InChI=1S/C22H28N2O5/c1-23(19-10-7-11-20(14-19)29-17-27-2)21(25)16-24(13-12-22(26)28-3)15-18-8-5-4-6-9-18/h4-11,14H,12-13,15-17H2,1-3H3. The average molecular weight is 400 g/mol. The van der Waals surface area contributed by atoms with E-state index >= 15 is 0 Å². The second kappa shape index (κ2) is 11.8. The van der Waals surface area contributed by atoms with Gasteiger partial charge in [0.2, 0.25) is 5.91 Å². The largest absolute Gasteiger partial charge is 0.469 e. The Labute approximate surface area is 171 Å². The normalized spacial score (nSPS) is 10.6. The Morgan fingerprint density at radius 1 is 1.00 bits per heavy atom. The molecule has 0 saturated carbocycles. The maximum absolute atomic E-state index is 12.9. The summed E-state index contributed by atoms with van der Waals surface area (Å²) in [6.07, 6.45) is 0.223. The topological polar surface area (TPSA) is 68.3 Å². The molecule has 0 aliphatic carbocycles. The van der Waals surface area contributed by atoms with Crippen molar-refractivity contribution >= 4 is 17.6 Å². The molecule has 0 atom stereocenters. The first-order valence-corrected chi connectivity index (χ1v) is 9.35. The van der Waals surface area contributed by atoms with Gasteiger partial charge in [0.05, 0.1) is 20.1 Å². The highest BCUT2D eigenvalue weighted by Gasteiger charge is 2.18. The summed E-state index contributed by atoms with van der Waals surface area (Å²) in [4.78, 5) is 28.0.